The van der Waals surface area contributed by atoms with Gasteiger partial charge in [0, 0.05) is 19.8 Å². The fourth-order valence-corrected chi connectivity index (χ4v) is 3.88. The van der Waals surface area contributed by atoms with Gasteiger partial charge in [-0.3, -0.25) is 10.1 Å². The summed E-state index contributed by atoms with van der Waals surface area (Å²) in [5, 5.41) is 20.5. The van der Waals surface area contributed by atoms with Crippen LogP contribution in [0.2, 0.25) is 0 Å². The van der Waals surface area contributed by atoms with Crippen LogP contribution in [0.25, 0.3) is 11.6 Å². The Labute approximate surface area is 231 Å². The van der Waals surface area contributed by atoms with Crippen LogP contribution < -0.4 is 5.32 Å². The molecule has 214 valence electrons. The summed E-state index contributed by atoms with van der Waals surface area (Å²) in [7, 11) is 0. The minimum Gasteiger partial charge on any atom is -0.415 e. The average molecular weight is 578 g/mol. The number of nitrogens with one attached hydrogen (secondary N) is 1. The molecule has 0 radical (unpaired) electrons. The smallest absolute Gasteiger partial charge is 0.415 e. The van der Waals surface area contributed by atoms with Gasteiger partial charge in [0.2, 0.25) is 11.3 Å². The lowest BCUT2D eigenvalue weighted by Crippen LogP contribution is -2.45. The number of hydrogen-bond donors (Lipinski definition) is 1. The van der Waals surface area contributed by atoms with E-state index in [1.54, 1.807) is 6.07 Å². The van der Waals surface area contributed by atoms with Crippen molar-refractivity contribution in [3.05, 3.63) is 75.7 Å². The van der Waals surface area contributed by atoms with Gasteiger partial charge in [-0.1, -0.05) is 42.5 Å². The molecule has 0 amide bonds. The van der Waals surface area contributed by atoms with Gasteiger partial charge in [0.05, 0.1) is 11.5 Å². The number of alkyl halides is 6. The molecule has 1 atom stereocenters. The van der Waals surface area contributed by atoms with Crippen LogP contribution in [0, 0.1) is 10.1 Å². The maximum Gasteiger partial charge on any atom is 0.426 e. The number of fused-ring (bicyclic) bond motifs is 5. The Morgan fingerprint density at radius 2 is 1.88 bits per heavy atom. The number of aromatic nitrogens is 3. The summed E-state index contributed by atoms with van der Waals surface area (Å²) >= 11 is 0. The van der Waals surface area contributed by atoms with Crippen LogP contribution in [-0.2, 0) is 23.1 Å². The van der Waals surface area contributed by atoms with Crippen molar-refractivity contribution in [1.82, 2.24) is 15.2 Å². The number of nitrogens with zero attached hydrogens (tertiary/aromatic N) is 4. The zero-order valence-corrected chi connectivity index (χ0v) is 20.1. The number of nitro groups is 1. The van der Waals surface area contributed by atoms with Crippen molar-refractivity contribution < 1.29 is 48.6 Å². The van der Waals surface area contributed by atoms with Crippen LogP contribution in [-0.4, -0.2) is 31.8 Å². The first-order chi connectivity index (χ1) is 21.1. The number of ether oxygens (including phenoxy) is 1. The molecule has 3 aromatic rings. The lowest BCUT2D eigenvalue weighted by molar-refractivity contribution is -0.384. The van der Waals surface area contributed by atoms with Crippen LogP contribution in [0.15, 0.2) is 53.0 Å². The number of anilines is 1. The number of allylic oxidation sites excluding steroid dienone is 1. The van der Waals surface area contributed by atoms with Crippen molar-refractivity contribution >= 4 is 11.5 Å². The Hall–Kier alpha value is -4.01. The lowest BCUT2D eigenvalue weighted by atomic mass is 9.94. The summed E-state index contributed by atoms with van der Waals surface area (Å²) in [6.07, 6.45) is -11.5. The molecule has 3 heterocycles. The molecule has 1 aliphatic rings. The second kappa shape index (κ2) is 10.5. The first-order valence-corrected chi connectivity index (χ1v) is 11.4. The van der Waals surface area contributed by atoms with Crippen molar-refractivity contribution in [1.29, 1.82) is 0 Å². The molecule has 1 aliphatic heterocycles. The molecule has 4 rings (SSSR count). The number of pyridine rings is 1. The lowest BCUT2D eigenvalue weighted by Gasteiger charge is -2.32. The largest absolute Gasteiger partial charge is 0.426 e. The van der Waals surface area contributed by atoms with E-state index >= 15 is 0 Å². The maximum atomic E-state index is 14.9. The third-order valence-corrected chi connectivity index (χ3v) is 5.85. The van der Waals surface area contributed by atoms with E-state index < -0.39 is 103 Å². The van der Waals surface area contributed by atoms with E-state index in [1.807, 2.05) is 5.32 Å². The van der Waals surface area contributed by atoms with Crippen LogP contribution in [0.3, 0.4) is 0 Å². The minimum absolute atomic E-state index is 0.0943. The van der Waals surface area contributed by atoms with Gasteiger partial charge >= 0.3 is 18.0 Å². The van der Waals surface area contributed by atoms with Crippen LogP contribution in [0.1, 0.15) is 58.2 Å². The van der Waals surface area contributed by atoms with Crippen molar-refractivity contribution in [2.75, 3.05) is 5.32 Å². The van der Waals surface area contributed by atoms with E-state index in [9.17, 15) is 36.5 Å². The molecule has 40 heavy (non-hydrogen) atoms. The van der Waals surface area contributed by atoms with Gasteiger partial charge < -0.3 is 14.5 Å². The van der Waals surface area contributed by atoms with Gasteiger partial charge in [0.15, 0.2) is 0 Å². The van der Waals surface area contributed by atoms with E-state index in [-0.39, 0.29) is 11.6 Å². The first-order valence-electron chi connectivity index (χ1n) is 14.4. The Bertz CT molecular complexity index is 1600. The zero-order valence-electron chi connectivity index (χ0n) is 26.1. The molecule has 1 aromatic carbocycles. The Morgan fingerprint density at radius 3 is 2.50 bits per heavy atom. The summed E-state index contributed by atoms with van der Waals surface area (Å²) in [4.78, 5) is 14.0. The van der Waals surface area contributed by atoms with Gasteiger partial charge in [-0.15, -0.1) is 10.2 Å². The van der Waals surface area contributed by atoms with Crippen molar-refractivity contribution in [3.8, 4) is 11.6 Å². The quantitative estimate of drug-likeness (QED) is 0.153. The third-order valence-electron chi connectivity index (χ3n) is 5.85. The Kier molecular flexibility index (Phi) is 5.73. The molecular formula is C25H23F6N5O4. The molecule has 0 aliphatic carbocycles. The van der Waals surface area contributed by atoms with Gasteiger partial charge in [0.1, 0.15) is 11.4 Å². The maximum absolute atomic E-state index is 14.9. The number of benzene rings is 1. The predicted octanol–water partition coefficient (Wildman–Crippen LogP) is 6.96. The fraction of sp³-hybridized carbons (Fsp3) is 0.400. The summed E-state index contributed by atoms with van der Waals surface area (Å²) in [6, 6.07) is 7.49. The monoisotopic (exact) mass is 577 g/mol. The zero-order chi connectivity index (χ0) is 34.3. The van der Waals surface area contributed by atoms with Crippen LogP contribution in [0.4, 0.5) is 37.8 Å². The van der Waals surface area contributed by atoms with Gasteiger partial charge in [-0.05, 0) is 38.5 Å². The van der Waals surface area contributed by atoms with E-state index in [2.05, 4.69) is 15.2 Å². The average Bonchev–Trinajstić information content (AvgIpc) is 3.41. The van der Waals surface area contributed by atoms with Crippen molar-refractivity contribution in [3.63, 3.8) is 0 Å². The van der Waals surface area contributed by atoms with Gasteiger partial charge in [-0.2, -0.15) is 26.3 Å². The minimum atomic E-state index is -5.47. The molecule has 2 aromatic heterocycles. The summed E-state index contributed by atoms with van der Waals surface area (Å²) < 4.78 is 146. The molecular weight excluding hydrogens is 548 g/mol. The highest BCUT2D eigenvalue weighted by molar-refractivity contribution is 5.68. The number of halogens is 6. The molecule has 1 N–H and O–H groups in total. The van der Waals surface area contributed by atoms with Crippen LogP contribution >= 0.6 is 0 Å². The van der Waals surface area contributed by atoms with Gasteiger partial charge in [-0.25, -0.2) is 4.98 Å². The highest BCUT2D eigenvalue weighted by Crippen LogP contribution is 2.47. The Morgan fingerprint density at radius 1 is 1.15 bits per heavy atom. The molecule has 0 saturated heterocycles. The highest BCUT2D eigenvalue weighted by Gasteiger charge is 2.61. The molecule has 15 heteroatoms. The van der Waals surface area contributed by atoms with Crippen LogP contribution in [0.5, 0.6) is 0 Å². The number of hydrogen-bond acceptors (Lipinski definition) is 8. The summed E-state index contributed by atoms with van der Waals surface area (Å²) in [5.41, 5.74) is -10.9. The molecule has 4 bridgehead atoms. The van der Waals surface area contributed by atoms with E-state index in [1.165, 1.54) is 24.3 Å². The van der Waals surface area contributed by atoms with E-state index in [0.29, 0.717) is 0 Å². The molecule has 0 saturated carbocycles. The second-order valence-corrected chi connectivity index (χ2v) is 8.76. The Balaban J connectivity index is 2.05. The topological polar surface area (TPSA) is 116 Å². The second-order valence-electron chi connectivity index (χ2n) is 8.76. The predicted molar refractivity (Wildman–Crippen MR) is 129 cm³/mol. The van der Waals surface area contributed by atoms with Crippen molar-refractivity contribution in [2.24, 2.45) is 0 Å². The standard InChI is InChI=1S/C25H23F6N5O4/c1-22(2)11-7-4-8-12-23(25(29,30)31,39-14-15-9-5-3-6-10-15)21-35-34-20(40-21)18-17(36(37)38)13-16(24(26,27)28)19(32-18)33-22/h3-7,9-10,13H,8,11-12,14H2,1-2H3,(H,32,33)/t23-/m1/s1/i1D3,2D3. The summed E-state index contributed by atoms with van der Waals surface area (Å²) in [6.45, 7) is -7.85. The van der Waals surface area contributed by atoms with E-state index in [0.717, 1.165) is 12.2 Å². The molecule has 0 unspecified atom stereocenters. The normalized spacial score (nSPS) is 22.4. The van der Waals surface area contributed by atoms with Crippen molar-refractivity contribution in [2.45, 2.75) is 63.1 Å². The molecule has 0 spiro atoms. The van der Waals surface area contributed by atoms with Gasteiger partial charge in [0.25, 0.3) is 11.8 Å². The highest BCUT2D eigenvalue weighted by atomic mass is 19.4. The first kappa shape index (κ1) is 21.8. The van der Waals surface area contributed by atoms with E-state index in [4.69, 9.17) is 17.4 Å². The fourth-order valence-electron chi connectivity index (χ4n) is 3.88. The SMILES string of the molecule is [2H]C([2H])([2H])C1(C([2H])([2H])[2H])CC=CCC[C@](OCc2ccccc2)(C(F)(F)F)c2nnc(o2)-c2nc(c(C(F)(F)F)cc2[N+](=O)[O-])N1. The number of rotatable bonds is 4. The molecule has 0 fully saturated rings. The molecule has 9 nitrogen and oxygen atoms in total. The summed E-state index contributed by atoms with van der Waals surface area (Å²) in [5.74, 6) is -3.90. The third kappa shape index (κ3) is 5.93.